The molecular formula is C26H23BrFN5O. The lowest BCUT2D eigenvalue weighted by Gasteiger charge is -2.19. The van der Waals surface area contributed by atoms with Crippen LogP contribution in [0.1, 0.15) is 34.6 Å². The zero-order valence-corrected chi connectivity index (χ0v) is 20.2. The summed E-state index contributed by atoms with van der Waals surface area (Å²) in [5.74, 6) is -0.724. The van der Waals surface area contributed by atoms with Crippen LogP contribution in [0.2, 0.25) is 0 Å². The molecule has 1 saturated heterocycles. The fourth-order valence-corrected chi connectivity index (χ4v) is 4.65. The monoisotopic (exact) mass is 519 g/mol. The Morgan fingerprint density at radius 2 is 1.76 bits per heavy atom. The number of benzene rings is 3. The highest BCUT2D eigenvalue weighted by Gasteiger charge is 2.20. The zero-order valence-electron chi connectivity index (χ0n) is 18.6. The lowest BCUT2D eigenvalue weighted by atomic mass is 10.1. The first-order valence-electron chi connectivity index (χ1n) is 11.1. The number of carbonyl (C=O) groups excluding carboxylic acids is 1. The number of carbonyl (C=O) groups is 1. The van der Waals surface area contributed by atoms with E-state index in [1.807, 2.05) is 48.2 Å². The van der Waals surface area contributed by atoms with Crippen molar-refractivity contribution in [2.24, 2.45) is 0 Å². The minimum atomic E-state index is -0.575. The Morgan fingerprint density at radius 3 is 2.53 bits per heavy atom. The highest BCUT2D eigenvalue weighted by molar-refractivity contribution is 9.10. The van der Waals surface area contributed by atoms with Crippen molar-refractivity contribution in [3.63, 3.8) is 0 Å². The summed E-state index contributed by atoms with van der Waals surface area (Å²) >= 11 is 3.48. The Morgan fingerprint density at radius 1 is 1.03 bits per heavy atom. The van der Waals surface area contributed by atoms with E-state index >= 15 is 0 Å². The molecule has 2 N–H and O–H groups in total. The first-order valence-corrected chi connectivity index (χ1v) is 11.9. The van der Waals surface area contributed by atoms with E-state index in [9.17, 15) is 9.18 Å². The Bertz CT molecular complexity index is 1420. The van der Waals surface area contributed by atoms with Gasteiger partial charge in [0.2, 0.25) is 0 Å². The molecule has 0 saturated carbocycles. The predicted molar refractivity (Wildman–Crippen MR) is 135 cm³/mol. The van der Waals surface area contributed by atoms with Crippen molar-refractivity contribution in [3.8, 4) is 5.69 Å². The molecule has 0 spiro atoms. The van der Waals surface area contributed by atoms with E-state index < -0.39 is 11.7 Å². The van der Waals surface area contributed by atoms with Gasteiger partial charge in [0, 0.05) is 23.1 Å². The van der Waals surface area contributed by atoms with Crippen molar-refractivity contribution >= 4 is 44.1 Å². The third-order valence-electron chi connectivity index (χ3n) is 6.01. The molecule has 172 valence electrons. The van der Waals surface area contributed by atoms with Crippen molar-refractivity contribution in [1.82, 2.24) is 14.7 Å². The third kappa shape index (κ3) is 4.33. The van der Waals surface area contributed by atoms with Crippen LogP contribution in [0, 0.1) is 18.2 Å². The Balaban J connectivity index is 1.41. The molecule has 2 heterocycles. The van der Waals surface area contributed by atoms with Gasteiger partial charge >= 0.3 is 0 Å². The molecule has 3 aromatic carbocycles. The summed E-state index contributed by atoms with van der Waals surface area (Å²) in [5, 5.41) is 17.6. The maximum atomic E-state index is 14.9. The number of aryl methyl sites for hydroxylation is 1. The normalized spacial score (nSPS) is 13.4. The molecule has 1 amide bonds. The molecule has 1 aliphatic rings. The second-order valence-corrected chi connectivity index (χ2v) is 9.37. The third-order valence-corrected chi connectivity index (χ3v) is 6.50. The molecule has 6 nitrogen and oxygen atoms in total. The SMILES string of the molecule is Cc1cc(C(=O)Nc2ccc(C(=N)N3CCCC3)cc2F)n(-c2ccc3cc(Br)ccc3c2)n1. The van der Waals surface area contributed by atoms with Gasteiger partial charge < -0.3 is 10.2 Å². The van der Waals surface area contributed by atoms with Gasteiger partial charge in [0.05, 0.1) is 17.1 Å². The number of aromatic nitrogens is 2. The predicted octanol–water partition coefficient (Wildman–Crippen LogP) is 5.91. The topological polar surface area (TPSA) is 74.0 Å². The summed E-state index contributed by atoms with van der Waals surface area (Å²) in [6, 6.07) is 18.0. The summed E-state index contributed by atoms with van der Waals surface area (Å²) in [7, 11) is 0. The number of likely N-dealkylation sites (tertiary alicyclic amines) is 1. The molecule has 4 aromatic rings. The first-order chi connectivity index (χ1) is 16.4. The number of amidine groups is 1. The van der Waals surface area contributed by atoms with E-state index in [1.165, 1.54) is 12.1 Å². The lowest BCUT2D eigenvalue weighted by molar-refractivity contribution is 0.101. The van der Waals surface area contributed by atoms with Crippen LogP contribution in [-0.4, -0.2) is 39.5 Å². The van der Waals surface area contributed by atoms with Gasteiger partial charge in [0.1, 0.15) is 17.3 Å². The van der Waals surface area contributed by atoms with Gasteiger partial charge in [0.15, 0.2) is 0 Å². The number of amides is 1. The van der Waals surface area contributed by atoms with Crippen LogP contribution in [0.25, 0.3) is 16.5 Å². The highest BCUT2D eigenvalue weighted by atomic mass is 79.9. The van der Waals surface area contributed by atoms with Gasteiger partial charge in [-0.25, -0.2) is 9.07 Å². The van der Waals surface area contributed by atoms with Gasteiger partial charge in [0.25, 0.3) is 5.91 Å². The van der Waals surface area contributed by atoms with E-state index in [0.29, 0.717) is 22.8 Å². The van der Waals surface area contributed by atoms with E-state index in [1.54, 1.807) is 16.8 Å². The van der Waals surface area contributed by atoms with E-state index in [0.717, 1.165) is 46.9 Å². The van der Waals surface area contributed by atoms with Crippen LogP contribution >= 0.6 is 15.9 Å². The summed E-state index contributed by atoms with van der Waals surface area (Å²) in [5.41, 5.74) is 2.29. The lowest BCUT2D eigenvalue weighted by Crippen LogP contribution is -2.27. The number of fused-ring (bicyclic) bond motifs is 1. The highest BCUT2D eigenvalue weighted by Crippen LogP contribution is 2.24. The van der Waals surface area contributed by atoms with E-state index in [-0.39, 0.29) is 5.69 Å². The molecule has 0 bridgehead atoms. The molecule has 0 unspecified atom stereocenters. The molecule has 0 aliphatic carbocycles. The van der Waals surface area contributed by atoms with Gasteiger partial charge in [-0.15, -0.1) is 0 Å². The number of halogens is 2. The fraction of sp³-hybridized carbons (Fsp3) is 0.192. The molecule has 1 aromatic heterocycles. The van der Waals surface area contributed by atoms with Crippen LogP contribution < -0.4 is 5.32 Å². The minimum Gasteiger partial charge on any atom is -0.357 e. The molecule has 1 aliphatic heterocycles. The smallest absolute Gasteiger partial charge is 0.274 e. The van der Waals surface area contributed by atoms with Crippen LogP contribution in [0.3, 0.4) is 0 Å². The molecule has 0 atom stereocenters. The van der Waals surface area contributed by atoms with Crippen molar-refractivity contribution < 1.29 is 9.18 Å². The Hall–Kier alpha value is -3.52. The zero-order chi connectivity index (χ0) is 23.8. The van der Waals surface area contributed by atoms with Crippen LogP contribution in [0.4, 0.5) is 10.1 Å². The van der Waals surface area contributed by atoms with Crippen molar-refractivity contribution in [3.05, 3.63) is 87.9 Å². The Labute approximate surface area is 205 Å². The summed E-state index contributed by atoms with van der Waals surface area (Å²) in [4.78, 5) is 15.1. The van der Waals surface area contributed by atoms with Gasteiger partial charge in [-0.2, -0.15) is 5.10 Å². The average molecular weight is 520 g/mol. The summed E-state index contributed by atoms with van der Waals surface area (Å²) in [6.07, 6.45) is 2.09. The molecule has 0 radical (unpaired) electrons. The van der Waals surface area contributed by atoms with E-state index in [2.05, 4.69) is 26.3 Å². The average Bonchev–Trinajstić information content (AvgIpc) is 3.49. The maximum Gasteiger partial charge on any atom is 0.274 e. The summed E-state index contributed by atoms with van der Waals surface area (Å²) in [6.45, 7) is 3.44. The largest absolute Gasteiger partial charge is 0.357 e. The number of rotatable bonds is 4. The Kier molecular flexibility index (Phi) is 5.91. The van der Waals surface area contributed by atoms with E-state index in [4.69, 9.17) is 5.41 Å². The molecule has 5 rings (SSSR count). The van der Waals surface area contributed by atoms with Gasteiger partial charge in [-0.1, -0.05) is 28.1 Å². The minimum absolute atomic E-state index is 0.0664. The standard InChI is InChI=1S/C26H23BrFN5O/c1-16-12-24(33(31-16)21-8-5-17-13-20(27)7-4-18(17)14-21)26(34)30-23-9-6-19(15-22(23)28)25(29)32-10-2-3-11-32/h4-9,12-15,29H,2-3,10-11H2,1H3,(H,30,34). The fourth-order valence-electron chi connectivity index (χ4n) is 4.27. The molecule has 34 heavy (non-hydrogen) atoms. The second kappa shape index (κ2) is 9.02. The van der Waals surface area contributed by atoms with Crippen molar-refractivity contribution in [1.29, 1.82) is 5.41 Å². The van der Waals surface area contributed by atoms with Crippen LogP contribution in [0.15, 0.2) is 65.1 Å². The van der Waals surface area contributed by atoms with Crippen LogP contribution in [0.5, 0.6) is 0 Å². The quantitative estimate of drug-likeness (QED) is 0.260. The number of nitrogens with one attached hydrogen (secondary N) is 2. The molecule has 8 heteroatoms. The number of hydrogen-bond donors (Lipinski definition) is 2. The molecule has 1 fully saturated rings. The van der Waals surface area contributed by atoms with Gasteiger partial charge in [-0.05, 0) is 79.1 Å². The van der Waals surface area contributed by atoms with Crippen LogP contribution in [-0.2, 0) is 0 Å². The maximum absolute atomic E-state index is 14.9. The second-order valence-electron chi connectivity index (χ2n) is 8.45. The van der Waals surface area contributed by atoms with Crippen molar-refractivity contribution in [2.75, 3.05) is 18.4 Å². The van der Waals surface area contributed by atoms with Crippen molar-refractivity contribution in [2.45, 2.75) is 19.8 Å². The number of anilines is 1. The first kappa shape index (κ1) is 22.3. The molecular weight excluding hydrogens is 497 g/mol. The van der Waals surface area contributed by atoms with Gasteiger partial charge in [-0.3, -0.25) is 10.2 Å². The summed E-state index contributed by atoms with van der Waals surface area (Å²) < 4.78 is 17.4. The number of nitrogens with zero attached hydrogens (tertiary/aromatic N) is 3. The number of hydrogen-bond acceptors (Lipinski definition) is 3.